The fourth-order valence-electron chi connectivity index (χ4n) is 4.25. The Morgan fingerprint density at radius 2 is 1.85 bits per heavy atom. The van der Waals surface area contributed by atoms with Crippen molar-refractivity contribution in [3.8, 4) is 5.75 Å². The van der Waals surface area contributed by atoms with Gasteiger partial charge in [0.1, 0.15) is 5.75 Å². The molecule has 5 nitrogen and oxygen atoms in total. The van der Waals surface area contributed by atoms with Gasteiger partial charge in [0.15, 0.2) is 0 Å². The van der Waals surface area contributed by atoms with Gasteiger partial charge in [0, 0.05) is 31.2 Å². The maximum absolute atomic E-state index is 13.4. The molecule has 1 aliphatic heterocycles. The van der Waals surface area contributed by atoms with Crippen LogP contribution in [0.1, 0.15) is 67.9 Å². The Morgan fingerprint density at radius 3 is 2.47 bits per heavy atom. The number of nitrogens with zero attached hydrogens (tertiary/aromatic N) is 2. The predicted molar refractivity (Wildman–Crippen MR) is 138 cm³/mol. The van der Waals surface area contributed by atoms with Gasteiger partial charge < -0.3 is 14.4 Å². The van der Waals surface area contributed by atoms with Gasteiger partial charge in [-0.25, -0.2) is 0 Å². The standard InChI is InChI=1S/C29H40N2O3/c1-6-23(4)7-14-27-20-30(29(32)26-12-15-28(33-5)16-13-26)17-18-34-21-31(27)19-24-8-10-25(11-9-24)22(2)3/h6,8-13,15-16,22,27H,7,14,17-21H2,1-5H3/b23-6+/t27-/m0/s1. The summed E-state index contributed by atoms with van der Waals surface area (Å²) < 4.78 is 11.3. The summed E-state index contributed by atoms with van der Waals surface area (Å²) in [6, 6.07) is 16.5. The van der Waals surface area contributed by atoms with Crippen molar-refractivity contribution in [2.24, 2.45) is 0 Å². The molecule has 34 heavy (non-hydrogen) atoms. The van der Waals surface area contributed by atoms with E-state index in [0.717, 1.165) is 25.1 Å². The zero-order valence-electron chi connectivity index (χ0n) is 21.4. The number of hydrogen-bond acceptors (Lipinski definition) is 4. The molecule has 1 amide bonds. The summed E-state index contributed by atoms with van der Waals surface area (Å²) in [4.78, 5) is 17.7. The molecule has 2 aromatic rings. The first-order valence-corrected chi connectivity index (χ1v) is 12.4. The zero-order chi connectivity index (χ0) is 24.5. The van der Waals surface area contributed by atoms with Gasteiger partial charge >= 0.3 is 0 Å². The van der Waals surface area contributed by atoms with E-state index in [1.807, 2.05) is 29.2 Å². The van der Waals surface area contributed by atoms with E-state index >= 15 is 0 Å². The number of amides is 1. The van der Waals surface area contributed by atoms with Crippen LogP contribution in [0.25, 0.3) is 0 Å². The number of allylic oxidation sites excluding steroid dienone is 2. The second-order valence-electron chi connectivity index (χ2n) is 9.49. The highest BCUT2D eigenvalue weighted by molar-refractivity contribution is 5.94. The molecule has 5 heteroatoms. The number of carbonyl (C=O) groups excluding carboxylic acids is 1. The summed E-state index contributed by atoms with van der Waals surface area (Å²) in [5, 5.41) is 0. The number of benzene rings is 2. The smallest absolute Gasteiger partial charge is 0.253 e. The number of carbonyl (C=O) groups is 1. The van der Waals surface area contributed by atoms with Crippen LogP contribution in [0.2, 0.25) is 0 Å². The van der Waals surface area contributed by atoms with Crippen LogP contribution in [0, 0.1) is 0 Å². The first-order chi connectivity index (χ1) is 16.4. The highest BCUT2D eigenvalue weighted by Crippen LogP contribution is 2.22. The Hall–Kier alpha value is -2.63. The van der Waals surface area contributed by atoms with Crippen molar-refractivity contribution in [3.63, 3.8) is 0 Å². The van der Waals surface area contributed by atoms with Crippen molar-refractivity contribution >= 4 is 5.91 Å². The molecule has 3 rings (SSSR count). The average molecular weight is 465 g/mol. The molecular weight excluding hydrogens is 424 g/mol. The Kier molecular flexibility index (Phi) is 9.73. The van der Waals surface area contributed by atoms with Crippen LogP contribution >= 0.6 is 0 Å². The van der Waals surface area contributed by atoms with Crippen molar-refractivity contribution < 1.29 is 14.3 Å². The summed E-state index contributed by atoms with van der Waals surface area (Å²) in [5.74, 6) is 1.32. The molecule has 1 heterocycles. The third-order valence-electron chi connectivity index (χ3n) is 6.73. The topological polar surface area (TPSA) is 42.0 Å². The lowest BCUT2D eigenvalue weighted by molar-refractivity contribution is -0.0361. The van der Waals surface area contributed by atoms with Crippen molar-refractivity contribution in [3.05, 3.63) is 76.9 Å². The Bertz CT molecular complexity index is 935. The number of methoxy groups -OCH3 is 1. The van der Waals surface area contributed by atoms with Crippen molar-refractivity contribution in [1.29, 1.82) is 0 Å². The molecule has 1 aliphatic rings. The lowest BCUT2D eigenvalue weighted by atomic mass is 10.0. The molecule has 2 aromatic carbocycles. The SMILES string of the molecule is C/C=C(\C)CC[C@H]1CN(C(=O)c2ccc(OC)cc2)CCOCN1Cc1ccc(C(C)C)cc1. The molecule has 0 aromatic heterocycles. The monoisotopic (exact) mass is 464 g/mol. The fourth-order valence-corrected chi connectivity index (χ4v) is 4.25. The molecule has 1 fully saturated rings. The van der Waals surface area contributed by atoms with Gasteiger partial charge in [-0.3, -0.25) is 9.69 Å². The van der Waals surface area contributed by atoms with Crippen LogP contribution < -0.4 is 4.74 Å². The third-order valence-corrected chi connectivity index (χ3v) is 6.73. The average Bonchev–Trinajstić information content (AvgIpc) is 2.85. The first kappa shape index (κ1) is 26.0. The quantitative estimate of drug-likeness (QED) is 0.459. The van der Waals surface area contributed by atoms with E-state index < -0.39 is 0 Å². The van der Waals surface area contributed by atoms with Crippen LogP contribution in [-0.2, 0) is 11.3 Å². The van der Waals surface area contributed by atoms with Gasteiger partial charge in [0.2, 0.25) is 0 Å². The fraction of sp³-hybridized carbons (Fsp3) is 0.483. The van der Waals surface area contributed by atoms with E-state index in [0.29, 0.717) is 37.9 Å². The predicted octanol–water partition coefficient (Wildman–Crippen LogP) is 5.87. The van der Waals surface area contributed by atoms with Gasteiger partial charge in [-0.1, -0.05) is 49.8 Å². The molecule has 0 radical (unpaired) electrons. The minimum absolute atomic E-state index is 0.0437. The van der Waals surface area contributed by atoms with E-state index in [1.165, 1.54) is 16.7 Å². The van der Waals surface area contributed by atoms with Crippen LogP contribution in [0.5, 0.6) is 5.75 Å². The maximum atomic E-state index is 13.4. The van der Waals surface area contributed by atoms with E-state index in [-0.39, 0.29) is 11.9 Å². The molecule has 0 N–H and O–H groups in total. The zero-order valence-corrected chi connectivity index (χ0v) is 21.4. The largest absolute Gasteiger partial charge is 0.497 e. The van der Waals surface area contributed by atoms with Crippen LogP contribution in [-0.4, -0.2) is 55.3 Å². The lowest BCUT2D eigenvalue weighted by Crippen LogP contribution is -2.50. The highest BCUT2D eigenvalue weighted by atomic mass is 16.5. The number of hydrogen-bond donors (Lipinski definition) is 0. The summed E-state index contributed by atoms with van der Waals surface area (Å²) in [6.45, 7) is 11.9. The van der Waals surface area contributed by atoms with Crippen LogP contribution in [0.15, 0.2) is 60.2 Å². The van der Waals surface area contributed by atoms with Gasteiger partial charge in [0.25, 0.3) is 5.91 Å². The summed E-state index contributed by atoms with van der Waals surface area (Å²) in [6.07, 6.45) is 4.17. The van der Waals surface area contributed by atoms with Gasteiger partial charge in [-0.2, -0.15) is 0 Å². The number of ether oxygens (including phenoxy) is 2. The molecular formula is C29H40N2O3. The normalized spacial score (nSPS) is 18.0. The van der Waals surface area contributed by atoms with Crippen LogP contribution in [0.4, 0.5) is 0 Å². The Labute approximate surface area is 205 Å². The second-order valence-corrected chi connectivity index (χ2v) is 9.49. The lowest BCUT2D eigenvalue weighted by Gasteiger charge is -2.38. The van der Waals surface area contributed by atoms with E-state index in [2.05, 4.69) is 62.9 Å². The van der Waals surface area contributed by atoms with Crippen molar-refractivity contribution in [2.45, 2.75) is 59.0 Å². The minimum atomic E-state index is 0.0437. The molecule has 0 spiro atoms. The molecule has 1 saturated heterocycles. The van der Waals surface area contributed by atoms with Crippen LogP contribution in [0.3, 0.4) is 0 Å². The Morgan fingerprint density at radius 1 is 1.15 bits per heavy atom. The van der Waals surface area contributed by atoms with Gasteiger partial charge in [0.05, 0.1) is 20.4 Å². The van der Waals surface area contributed by atoms with E-state index in [4.69, 9.17) is 9.47 Å². The summed E-state index contributed by atoms with van der Waals surface area (Å²) >= 11 is 0. The van der Waals surface area contributed by atoms with Crippen molar-refractivity contribution in [1.82, 2.24) is 9.80 Å². The highest BCUT2D eigenvalue weighted by Gasteiger charge is 2.27. The molecule has 0 unspecified atom stereocenters. The molecule has 1 atom stereocenters. The third kappa shape index (κ3) is 7.18. The van der Waals surface area contributed by atoms with Gasteiger partial charge in [-0.15, -0.1) is 0 Å². The summed E-state index contributed by atoms with van der Waals surface area (Å²) in [7, 11) is 1.63. The molecule has 0 saturated carbocycles. The minimum Gasteiger partial charge on any atom is -0.497 e. The Balaban J connectivity index is 1.79. The summed E-state index contributed by atoms with van der Waals surface area (Å²) in [5.41, 5.74) is 4.68. The molecule has 0 bridgehead atoms. The maximum Gasteiger partial charge on any atom is 0.253 e. The molecule has 184 valence electrons. The van der Waals surface area contributed by atoms with Crippen molar-refractivity contribution in [2.75, 3.05) is 33.5 Å². The van der Waals surface area contributed by atoms with Gasteiger partial charge in [-0.05, 0) is 68.0 Å². The first-order valence-electron chi connectivity index (χ1n) is 12.4. The second kappa shape index (κ2) is 12.7. The number of rotatable bonds is 8. The molecule has 0 aliphatic carbocycles. The van der Waals surface area contributed by atoms with E-state index in [9.17, 15) is 4.79 Å². The van der Waals surface area contributed by atoms with E-state index in [1.54, 1.807) is 7.11 Å².